The van der Waals surface area contributed by atoms with Crippen molar-refractivity contribution in [1.82, 2.24) is 0 Å². The number of benzene rings is 1. The van der Waals surface area contributed by atoms with E-state index in [-0.39, 0.29) is 6.61 Å². The standard InChI is InChI=1S/C9H9FO/c10-11-8-4-7-9-5-2-1-3-6-9/h1-7H,8H2/b7-4+. The van der Waals surface area contributed by atoms with E-state index in [2.05, 4.69) is 4.94 Å². The number of hydrogen-bond acceptors (Lipinski definition) is 1. The Hall–Kier alpha value is -1.15. The molecule has 0 aromatic heterocycles. The monoisotopic (exact) mass is 152 g/mol. The molecule has 0 unspecified atom stereocenters. The van der Waals surface area contributed by atoms with E-state index in [1.54, 1.807) is 12.2 Å². The molecule has 0 saturated heterocycles. The van der Waals surface area contributed by atoms with Gasteiger partial charge < -0.3 is 0 Å². The van der Waals surface area contributed by atoms with Gasteiger partial charge >= 0.3 is 0 Å². The average molecular weight is 152 g/mol. The van der Waals surface area contributed by atoms with Crippen molar-refractivity contribution < 1.29 is 9.47 Å². The first-order valence-electron chi connectivity index (χ1n) is 3.38. The van der Waals surface area contributed by atoms with E-state index in [1.165, 1.54) is 0 Å². The molecule has 0 aliphatic carbocycles. The molecular weight excluding hydrogens is 143 g/mol. The van der Waals surface area contributed by atoms with Crippen LogP contribution in [0.1, 0.15) is 5.56 Å². The van der Waals surface area contributed by atoms with Crippen molar-refractivity contribution in [3.8, 4) is 0 Å². The van der Waals surface area contributed by atoms with Crippen molar-refractivity contribution in [2.24, 2.45) is 0 Å². The lowest BCUT2D eigenvalue weighted by molar-refractivity contribution is -0.117. The van der Waals surface area contributed by atoms with Crippen LogP contribution in [0, 0.1) is 0 Å². The molecule has 11 heavy (non-hydrogen) atoms. The van der Waals surface area contributed by atoms with E-state index >= 15 is 0 Å². The molecule has 0 atom stereocenters. The number of hydrogen-bond donors (Lipinski definition) is 0. The van der Waals surface area contributed by atoms with Crippen molar-refractivity contribution >= 4 is 6.08 Å². The second-order valence-corrected chi connectivity index (χ2v) is 2.09. The minimum absolute atomic E-state index is 0.00882. The SMILES string of the molecule is FOC/C=C/c1ccccc1. The Balaban J connectivity index is 2.50. The maximum Gasteiger partial charge on any atom is 0.106 e. The van der Waals surface area contributed by atoms with E-state index in [0.29, 0.717) is 0 Å². The summed E-state index contributed by atoms with van der Waals surface area (Å²) in [5.74, 6) is 0. The van der Waals surface area contributed by atoms with Gasteiger partial charge in [0.1, 0.15) is 6.61 Å². The van der Waals surface area contributed by atoms with Crippen LogP contribution in [0.25, 0.3) is 6.08 Å². The molecule has 1 nitrogen and oxygen atoms in total. The van der Waals surface area contributed by atoms with E-state index in [0.717, 1.165) is 5.56 Å². The third kappa shape index (κ3) is 2.96. The van der Waals surface area contributed by atoms with Crippen molar-refractivity contribution in [3.05, 3.63) is 42.0 Å². The van der Waals surface area contributed by atoms with Gasteiger partial charge in [-0.25, -0.2) is 0 Å². The zero-order valence-corrected chi connectivity index (χ0v) is 6.03. The van der Waals surface area contributed by atoms with E-state index in [1.807, 2.05) is 30.3 Å². The predicted octanol–water partition coefficient (Wildman–Crippen LogP) is 2.60. The molecule has 0 aliphatic heterocycles. The summed E-state index contributed by atoms with van der Waals surface area (Å²) in [6, 6.07) is 9.67. The molecule has 2 heteroatoms. The van der Waals surface area contributed by atoms with Crippen LogP contribution in [0.15, 0.2) is 36.4 Å². The largest absolute Gasteiger partial charge is 0.190 e. The molecule has 58 valence electrons. The van der Waals surface area contributed by atoms with Crippen LogP contribution in [-0.4, -0.2) is 6.61 Å². The van der Waals surface area contributed by atoms with E-state index in [4.69, 9.17) is 0 Å². The second-order valence-electron chi connectivity index (χ2n) is 2.09. The highest BCUT2D eigenvalue weighted by Crippen LogP contribution is 2.00. The first-order chi connectivity index (χ1) is 5.43. The Morgan fingerprint density at radius 2 is 2.00 bits per heavy atom. The van der Waals surface area contributed by atoms with Crippen molar-refractivity contribution in [1.29, 1.82) is 0 Å². The zero-order valence-electron chi connectivity index (χ0n) is 6.03. The molecule has 0 spiro atoms. The van der Waals surface area contributed by atoms with Gasteiger partial charge in [0.05, 0.1) is 0 Å². The smallest absolute Gasteiger partial charge is 0.106 e. The van der Waals surface area contributed by atoms with Gasteiger partial charge in [-0.2, -0.15) is 4.94 Å². The topological polar surface area (TPSA) is 9.23 Å². The quantitative estimate of drug-likeness (QED) is 0.646. The highest BCUT2D eigenvalue weighted by Gasteiger charge is 1.81. The fraction of sp³-hybridized carbons (Fsp3) is 0.111. The Morgan fingerprint density at radius 1 is 1.27 bits per heavy atom. The van der Waals surface area contributed by atoms with Gasteiger partial charge in [-0.05, 0) is 10.1 Å². The average Bonchev–Trinajstić information content (AvgIpc) is 2.07. The summed E-state index contributed by atoms with van der Waals surface area (Å²) in [5.41, 5.74) is 1.05. The van der Waals surface area contributed by atoms with Gasteiger partial charge in [0, 0.05) is 0 Å². The number of halogens is 1. The van der Waals surface area contributed by atoms with Crippen molar-refractivity contribution in [3.63, 3.8) is 0 Å². The minimum Gasteiger partial charge on any atom is -0.190 e. The van der Waals surface area contributed by atoms with Crippen LogP contribution >= 0.6 is 0 Å². The maximum absolute atomic E-state index is 11.1. The third-order valence-electron chi connectivity index (χ3n) is 1.27. The molecule has 0 aliphatic rings. The summed E-state index contributed by atoms with van der Waals surface area (Å²) in [5, 5.41) is 0. The molecular formula is C9H9FO. The summed E-state index contributed by atoms with van der Waals surface area (Å²) in [6.45, 7) is 0.00882. The fourth-order valence-corrected chi connectivity index (χ4v) is 0.785. The Bertz CT molecular complexity index is 218. The van der Waals surface area contributed by atoms with Crippen LogP contribution in [0.2, 0.25) is 0 Å². The zero-order chi connectivity index (χ0) is 7.94. The summed E-state index contributed by atoms with van der Waals surface area (Å²) in [7, 11) is 0. The lowest BCUT2D eigenvalue weighted by atomic mass is 10.2. The van der Waals surface area contributed by atoms with Crippen LogP contribution < -0.4 is 0 Å². The van der Waals surface area contributed by atoms with Gasteiger partial charge in [-0.1, -0.05) is 42.5 Å². The molecule has 1 aromatic carbocycles. The Labute approximate surface area is 65.0 Å². The summed E-state index contributed by atoms with van der Waals surface area (Å²) in [6.07, 6.45) is 3.43. The van der Waals surface area contributed by atoms with Crippen LogP contribution in [-0.2, 0) is 4.94 Å². The molecule has 1 rings (SSSR count). The van der Waals surface area contributed by atoms with Crippen LogP contribution in [0.5, 0.6) is 0 Å². The lowest BCUT2D eigenvalue weighted by Gasteiger charge is -1.89. The molecule has 0 heterocycles. The van der Waals surface area contributed by atoms with Crippen LogP contribution in [0.4, 0.5) is 4.53 Å². The van der Waals surface area contributed by atoms with Crippen LogP contribution in [0.3, 0.4) is 0 Å². The molecule has 0 N–H and O–H groups in total. The second kappa shape index (κ2) is 4.63. The van der Waals surface area contributed by atoms with Crippen molar-refractivity contribution in [2.75, 3.05) is 6.61 Å². The molecule has 1 aromatic rings. The third-order valence-corrected chi connectivity index (χ3v) is 1.27. The first kappa shape index (κ1) is 7.95. The Morgan fingerprint density at radius 3 is 2.64 bits per heavy atom. The fourth-order valence-electron chi connectivity index (χ4n) is 0.785. The van der Waals surface area contributed by atoms with Crippen molar-refractivity contribution in [2.45, 2.75) is 0 Å². The van der Waals surface area contributed by atoms with Gasteiger partial charge in [0.15, 0.2) is 0 Å². The normalized spacial score (nSPS) is 10.6. The molecule has 0 amide bonds. The predicted molar refractivity (Wildman–Crippen MR) is 42.5 cm³/mol. The lowest BCUT2D eigenvalue weighted by Crippen LogP contribution is -1.75. The summed E-state index contributed by atoms with van der Waals surface area (Å²) >= 11 is 0. The van der Waals surface area contributed by atoms with Gasteiger partial charge in [-0.15, -0.1) is 0 Å². The molecule has 0 bridgehead atoms. The highest BCUT2D eigenvalue weighted by molar-refractivity contribution is 5.48. The molecule has 0 saturated carbocycles. The molecule has 0 fully saturated rings. The van der Waals surface area contributed by atoms with Gasteiger partial charge in [-0.3, -0.25) is 0 Å². The minimum atomic E-state index is 0.00882. The Kier molecular flexibility index (Phi) is 3.35. The first-order valence-corrected chi connectivity index (χ1v) is 3.38. The van der Waals surface area contributed by atoms with Gasteiger partial charge in [0.2, 0.25) is 0 Å². The van der Waals surface area contributed by atoms with Gasteiger partial charge in [0.25, 0.3) is 0 Å². The van der Waals surface area contributed by atoms with E-state index < -0.39 is 0 Å². The summed E-state index contributed by atoms with van der Waals surface area (Å²) < 4.78 is 11.1. The maximum atomic E-state index is 11.1. The number of rotatable bonds is 3. The highest BCUT2D eigenvalue weighted by atomic mass is 19.3. The van der Waals surface area contributed by atoms with E-state index in [9.17, 15) is 4.53 Å². The summed E-state index contributed by atoms with van der Waals surface area (Å²) in [4.78, 5) is 3.38. The molecule has 0 radical (unpaired) electrons.